The highest BCUT2D eigenvalue weighted by Crippen LogP contribution is 2.29. The van der Waals surface area contributed by atoms with Gasteiger partial charge in [0.2, 0.25) is 0 Å². The summed E-state index contributed by atoms with van der Waals surface area (Å²) in [5.41, 5.74) is 4.60. The van der Waals surface area contributed by atoms with Crippen LogP contribution < -0.4 is 0 Å². The number of aromatic nitrogens is 5. The fourth-order valence-electron chi connectivity index (χ4n) is 4.30. The Kier molecular flexibility index (Phi) is 4.41. The lowest BCUT2D eigenvalue weighted by Gasteiger charge is -2.32. The molecule has 0 amide bonds. The Morgan fingerprint density at radius 3 is 3.00 bits per heavy atom. The fraction of sp³-hybridized carbons (Fsp3) is 0.318. The number of likely N-dealkylation sites (tertiary alicyclic amines) is 1. The van der Waals surface area contributed by atoms with Crippen molar-refractivity contribution in [2.24, 2.45) is 0 Å². The van der Waals surface area contributed by atoms with Crippen LogP contribution in [-0.2, 0) is 6.54 Å². The van der Waals surface area contributed by atoms with Crippen molar-refractivity contribution in [3.8, 4) is 11.5 Å². The van der Waals surface area contributed by atoms with Crippen LogP contribution in [0.4, 0.5) is 0 Å². The van der Waals surface area contributed by atoms with Gasteiger partial charge in [0, 0.05) is 54.2 Å². The van der Waals surface area contributed by atoms with E-state index < -0.39 is 0 Å². The van der Waals surface area contributed by atoms with E-state index >= 15 is 0 Å². The van der Waals surface area contributed by atoms with Crippen molar-refractivity contribution in [1.82, 2.24) is 29.8 Å². The average molecular weight is 372 g/mol. The monoisotopic (exact) mass is 372 g/mol. The first-order valence-electron chi connectivity index (χ1n) is 9.89. The maximum absolute atomic E-state index is 4.77. The molecule has 6 heteroatoms. The summed E-state index contributed by atoms with van der Waals surface area (Å²) in [5.74, 6) is 2.03. The van der Waals surface area contributed by atoms with Gasteiger partial charge in [-0.3, -0.25) is 4.90 Å². The number of fused-ring (bicyclic) bond motifs is 1. The zero-order chi connectivity index (χ0) is 18.9. The second-order valence-electron chi connectivity index (χ2n) is 7.59. The number of hydrogen-bond acceptors (Lipinski definition) is 4. The van der Waals surface area contributed by atoms with Gasteiger partial charge in [-0.15, -0.1) is 0 Å². The number of nitrogens with one attached hydrogen (secondary N) is 2. The number of nitrogens with zero attached hydrogens (tertiary/aromatic N) is 4. The maximum atomic E-state index is 4.77. The summed E-state index contributed by atoms with van der Waals surface area (Å²) in [7, 11) is 0. The summed E-state index contributed by atoms with van der Waals surface area (Å²) >= 11 is 0. The van der Waals surface area contributed by atoms with Crippen LogP contribution in [0, 0.1) is 6.92 Å². The minimum Gasteiger partial charge on any atom is -0.361 e. The van der Waals surface area contributed by atoms with Gasteiger partial charge in [-0.1, -0.05) is 12.1 Å². The van der Waals surface area contributed by atoms with Gasteiger partial charge in [0.15, 0.2) is 5.82 Å². The van der Waals surface area contributed by atoms with E-state index in [-0.39, 0.29) is 0 Å². The molecule has 1 fully saturated rings. The van der Waals surface area contributed by atoms with Crippen molar-refractivity contribution in [2.45, 2.75) is 32.2 Å². The third-order valence-corrected chi connectivity index (χ3v) is 5.60. The molecule has 1 unspecified atom stereocenters. The summed E-state index contributed by atoms with van der Waals surface area (Å²) in [6.45, 7) is 5.09. The Morgan fingerprint density at radius 2 is 2.11 bits per heavy atom. The molecule has 6 nitrogen and oxygen atoms in total. The third kappa shape index (κ3) is 3.31. The number of H-pyrrole nitrogens is 2. The van der Waals surface area contributed by atoms with Crippen molar-refractivity contribution in [2.75, 3.05) is 13.1 Å². The zero-order valence-electron chi connectivity index (χ0n) is 16.0. The van der Waals surface area contributed by atoms with E-state index in [1.807, 2.05) is 19.3 Å². The molecular weight excluding hydrogens is 348 g/mol. The highest BCUT2D eigenvalue weighted by atomic mass is 15.1. The van der Waals surface area contributed by atoms with Crippen molar-refractivity contribution in [3.05, 3.63) is 66.0 Å². The second-order valence-corrected chi connectivity index (χ2v) is 7.59. The van der Waals surface area contributed by atoms with Gasteiger partial charge in [0.05, 0.1) is 0 Å². The van der Waals surface area contributed by atoms with Crippen LogP contribution in [-0.4, -0.2) is 42.9 Å². The molecule has 4 aromatic rings. The number of rotatable bonds is 4. The second kappa shape index (κ2) is 7.20. The van der Waals surface area contributed by atoms with Gasteiger partial charge >= 0.3 is 0 Å². The summed E-state index contributed by atoms with van der Waals surface area (Å²) in [4.78, 5) is 22.7. The molecule has 0 aliphatic carbocycles. The van der Waals surface area contributed by atoms with Crippen molar-refractivity contribution >= 4 is 10.9 Å². The zero-order valence-corrected chi connectivity index (χ0v) is 16.0. The molecule has 1 aromatic carbocycles. The van der Waals surface area contributed by atoms with E-state index in [2.05, 4.69) is 55.2 Å². The lowest BCUT2D eigenvalue weighted by atomic mass is 9.93. The van der Waals surface area contributed by atoms with Gasteiger partial charge in [-0.05, 0) is 50.1 Å². The van der Waals surface area contributed by atoms with E-state index in [0.29, 0.717) is 5.92 Å². The van der Waals surface area contributed by atoms with Crippen LogP contribution in [0.1, 0.15) is 35.8 Å². The van der Waals surface area contributed by atoms with Crippen molar-refractivity contribution in [1.29, 1.82) is 0 Å². The molecular formula is C22H24N6. The molecule has 1 aliphatic heterocycles. The molecule has 0 radical (unpaired) electrons. The van der Waals surface area contributed by atoms with Crippen LogP contribution in [0.5, 0.6) is 0 Å². The molecule has 2 N–H and O–H groups in total. The largest absolute Gasteiger partial charge is 0.361 e. The Bertz CT molecular complexity index is 1080. The number of imidazole rings is 1. The first-order chi connectivity index (χ1) is 13.8. The van der Waals surface area contributed by atoms with E-state index in [1.54, 1.807) is 6.20 Å². The quantitative estimate of drug-likeness (QED) is 0.567. The summed E-state index contributed by atoms with van der Waals surface area (Å²) in [5, 5.41) is 1.32. The van der Waals surface area contributed by atoms with Crippen LogP contribution in [0.2, 0.25) is 0 Å². The van der Waals surface area contributed by atoms with E-state index in [0.717, 1.165) is 42.7 Å². The minimum absolute atomic E-state index is 0.426. The third-order valence-electron chi connectivity index (χ3n) is 5.60. The van der Waals surface area contributed by atoms with Gasteiger partial charge in [0.1, 0.15) is 11.5 Å². The molecule has 5 rings (SSSR count). The summed E-state index contributed by atoms with van der Waals surface area (Å²) in [6.07, 6.45) is 7.96. The molecule has 0 saturated carbocycles. The lowest BCUT2D eigenvalue weighted by molar-refractivity contribution is 0.199. The van der Waals surface area contributed by atoms with Crippen molar-refractivity contribution < 1.29 is 0 Å². The molecule has 0 spiro atoms. The minimum atomic E-state index is 0.426. The molecule has 0 bridgehead atoms. The molecule has 1 atom stereocenters. The van der Waals surface area contributed by atoms with Crippen LogP contribution >= 0.6 is 0 Å². The topological polar surface area (TPSA) is 73.5 Å². The smallest absolute Gasteiger partial charge is 0.156 e. The molecule has 28 heavy (non-hydrogen) atoms. The summed E-state index contributed by atoms with van der Waals surface area (Å²) in [6, 6.07) is 10.8. The molecule has 4 heterocycles. The van der Waals surface area contributed by atoms with Gasteiger partial charge < -0.3 is 9.97 Å². The predicted molar refractivity (Wildman–Crippen MR) is 110 cm³/mol. The Labute approximate surface area is 164 Å². The summed E-state index contributed by atoms with van der Waals surface area (Å²) < 4.78 is 0. The molecule has 1 aliphatic rings. The van der Waals surface area contributed by atoms with Crippen LogP contribution in [0.3, 0.4) is 0 Å². The average Bonchev–Trinajstić information content (AvgIpc) is 3.40. The highest BCUT2D eigenvalue weighted by Gasteiger charge is 2.24. The number of aryl methyl sites for hydroxylation is 1. The first-order valence-corrected chi connectivity index (χ1v) is 9.89. The molecule has 3 aromatic heterocycles. The molecule has 1 saturated heterocycles. The molecule has 142 valence electrons. The number of benzene rings is 1. The van der Waals surface area contributed by atoms with Gasteiger partial charge in [0.25, 0.3) is 0 Å². The Morgan fingerprint density at radius 1 is 1.14 bits per heavy atom. The standard InChI is InChI=1S/C22H24N6/c1-15-26-20(12-21(27-15)22-24-9-10-25-22)17-5-3-11-28(14-17)13-16-4-2-6-19-18(16)7-8-23-19/h2,4,6-10,12,17,23H,3,5,11,13-14H2,1H3,(H,24,25). The normalized spacial score (nSPS) is 18.0. The number of aromatic amines is 2. The van der Waals surface area contributed by atoms with E-state index in [1.165, 1.54) is 29.3 Å². The fourth-order valence-corrected chi connectivity index (χ4v) is 4.30. The van der Waals surface area contributed by atoms with Crippen LogP contribution in [0.15, 0.2) is 48.9 Å². The number of hydrogen-bond donors (Lipinski definition) is 2. The van der Waals surface area contributed by atoms with E-state index in [9.17, 15) is 0 Å². The Hall–Kier alpha value is -2.99. The SMILES string of the molecule is Cc1nc(-c2ncc[nH]2)cc(C2CCCN(Cc3cccc4[nH]ccc34)C2)n1. The first kappa shape index (κ1) is 17.1. The van der Waals surface area contributed by atoms with E-state index in [4.69, 9.17) is 4.98 Å². The lowest BCUT2D eigenvalue weighted by Crippen LogP contribution is -2.34. The number of piperidine rings is 1. The van der Waals surface area contributed by atoms with Gasteiger partial charge in [-0.25, -0.2) is 15.0 Å². The Balaban J connectivity index is 1.38. The van der Waals surface area contributed by atoms with Gasteiger partial charge in [-0.2, -0.15) is 0 Å². The highest BCUT2D eigenvalue weighted by molar-refractivity contribution is 5.82. The van der Waals surface area contributed by atoms with Crippen molar-refractivity contribution in [3.63, 3.8) is 0 Å². The maximum Gasteiger partial charge on any atom is 0.156 e. The predicted octanol–water partition coefficient (Wildman–Crippen LogP) is 4.04. The van der Waals surface area contributed by atoms with Crippen LogP contribution in [0.25, 0.3) is 22.4 Å².